The number of carbonyl (C=O) groups is 1. The minimum Gasteiger partial charge on any atom is -0.497 e. The second kappa shape index (κ2) is 6.61. The van der Waals surface area contributed by atoms with E-state index in [2.05, 4.69) is 21.2 Å². The van der Waals surface area contributed by atoms with E-state index in [-0.39, 0.29) is 12.5 Å². The minimum atomic E-state index is -0.511. The van der Waals surface area contributed by atoms with Crippen LogP contribution in [0.3, 0.4) is 0 Å². The maximum absolute atomic E-state index is 11.8. The number of halogens is 1. The van der Waals surface area contributed by atoms with E-state index in [0.717, 1.165) is 0 Å². The molecule has 0 aromatic heterocycles. The summed E-state index contributed by atoms with van der Waals surface area (Å²) < 4.78 is 5.75. The average molecular weight is 302 g/mol. The van der Waals surface area contributed by atoms with E-state index in [4.69, 9.17) is 4.74 Å². The maximum Gasteiger partial charge on any atom is 0.252 e. The number of hydrogen-bond donors (Lipinski definition) is 2. The van der Waals surface area contributed by atoms with E-state index in [1.165, 1.54) is 0 Å². The van der Waals surface area contributed by atoms with Crippen LogP contribution < -0.4 is 10.1 Å². The molecule has 5 heteroatoms. The summed E-state index contributed by atoms with van der Waals surface area (Å²) in [6.45, 7) is 2.11. The molecule has 1 rings (SSSR count). The highest BCUT2D eigenvalue weighted by Crippen LogP contribution is 2.22. The number of nitrogens with one attached hydrogen (secondary N) is 1. The van der Waals surface area contributed by atoms with Crippen LogP contribution in [0.2, 0.25) is 0 Å². The molecule has 0 aliphatic carbocycles. The third-order valence-electron chi connectivity index (χ3n) is 2.39. The quantitative estimate of drug-likeness (QED) is 0.874. The van der Waals surface area contributed by atoms with E-state index < -0.39 is 6.10 Å². The highest BCUT2D eigenvalue weighted by molar-refractivity contribution is 9.10. The van der Waals surface area contributed by atoms with Crippen molar-refractivity contribution in [2.24, 2.45) is 0 Å². The molecule has 0 fully saturated rings. The summed E-state index contributed by atoms with van der Waals surface area (Å²) in [6, 6.07) is 5.17. The molecular weight excluding hydrogens is 286 g/mol. The van der Waals surface area contributed by atoms with Crippen molar-refractivity contribution in [2.45, 2.75) is 19.4 Å². The number of hydrogen-bond acceptors (Lipinski definition) is 3. The molecule has 1 unspecified atom stereocenters. The second-order valence-electron chi connectivity index (χ2n) is 3.62. The number of rotatable bonds is 5. The van der Waals surface area contributed by atoms with Crippen LogP contribution in [0.1, 0.15) is 23.7 Å². The predicted molar refractivity (Wildman–Crippen MR) is 69.3 cm³/mol. The fourth-order valence-electron chi connectivity index (χ4n) is 1.26. The first kappa shape index (κ1) is 14.0. The van der Waals surface area contributed by atoms with Crippen LogP contribution >= 0.6 is 15.9 Å². The van der Waals surface area contributed by atoms with E-state index in [0.29, 0.717) is 22.2 Å². The molecule has 0 radical (unpaired) electrons. The van der Waals surface area contributed by atoms with Crippen LogP contribution in [0.15, 0.2) is 22.7 Å². The average Bonchev–Trinajstić information content (AvgIpc) is 2.36. The molecule has 4 nitrogen and oxygen atoms in total. The monoisotopic (exact) mass is 301 g/mol. The Balaban J connectivity index is 2.74. The molecule has 94 valence electrons. The van der Waals surface area contributed by atoms with Gasteiger partial charge in [-0.15, -0.1) is 0 Å². The highest BCUT2D eigenvalue weighted by Gasteiger charge is 2.12. The number of carbonyl (C=O) groups excluding carboxylic acids is 1. The molecule has 1 atom stereocenters. The largest absolute Gasteiger partial charge is 0.497 e. The van der Waals surface area contributed by atoms with Crippen LogP contribution in [0.25, 0.3) is 0 Å². The number of aliphatic hydroxyl groups is 1. The molecule has 0 aliphatic rings. The zero-order valence-electron chi connectivity index (χ0n) is 9.87. The van der Waals surface area contributed by atoms with Gasteiger partial charge in [-0.3, -0.25) is 4.79 Å². The number of amides is 1. The summed E-state index contributed by atoms with van der Waals surface area (Å²) in [5.74, 6) is 0.387. The zero-order chi connectivity index (χ0) is 12.8. The van der Waals surface area contributed by atoms with Crippen molar-refractivity contribution >= 4 is 21.8 Å². The van der Waals surface area contributed by atoms with Gasteiger partial charge in [-0.05, 0) is 40.5 Å². The van der Waals surface area contributed by atoms with Crippen molar-refractivity contribution in [3.05, 3.63) is 28.2 Å². The Hall–Kier alpha value is -1.07. The molecular formula is C12H16BrNO3. The smallest absolute Gasteiger partial charge is 0.252 e. The maximum atomic E-state index is 11.8. The molecule has 1 aromatic carbocycles. The molecule has 0 spiro atoms. The van der Waals surface area contributed by atoms with Gasteiger partial charge >= 0.3 is 0 Å². The highest BCUT2D eigenvalue weighted by atomic mass is 79.9. The molecule has 1 amide bonds. The molecule has 1 aromatic rings. The Bertz CT molecular complexity index is 395. The van der Waals surface area contributed by atoms with E-state index >= 15 is 0 Å². The van der Waals surface area contributed by atoms with Crippen molar-refractivity contribution in [1.82, 2.24) is 5.32 Å². The van der Waals surface area contributed by atoms with Crippen molar-refractivity contribution in [3.8, 4) is 5.75 Å². The molecule has 17 heavy (non-hydrogen) atoms. The molecule has 2 N–H and O–H groups in total. The minimum absolute atomic E-state index is 0.233. The van der Waals surface area contributed by atoms with E-state index in [1.807, 2.05) is 6.92 Å². The third-order valence-corrected chi connectivity index (χ3v) is 3.08. The summed E-state index contributed by atoms with van der Waals surface area (Å²) in [4.78, 5) is 11.8. The standard InChI is InChI=1S/C12H16BrNO3/c1-3-8(15)7-14-12(16)10-6-9(17-2)4-5-11(10)13/h4-6,8,15H,3,7H2,1-2H3,(H,14,16). The normalized spacial score (nSPS) is 12.0. The first-order valence-corrected chi connectivity index (χ1v) is 6.17. The fourth-order valence-corrected chi connectivity index (χ4v) is 1.68. The van der Waals surface area contributed by atoms with E-state index in [9.17, 15) is 9.90 Å². The Morgan fingerprint density at radius 3 is 2.88 bits per heavy atom. The molecule has 0 saturated heterocycles. The topological polar surface area (TPSA) is 58.6 Å². The van der Waals surface area contributed by atoms with Gasteiger partial charge in [-0.2, -0.15) is 0 Å². The van der Waals surface area contributed by atoms with Crippen LogP contribution in [-0.2, 0) is 0 Å². The second-order valence-corrected chi connectivity index (χ2v) is 4.47. The lowest BCUT2D eigenvalue weighted by molar-refractivity contribution is 0.0913. The molecule has 0 saturated carbocycles. The van der Waals surface area contributed by atoms with Gasteiger partial charge in [0.2, 0.25) is 0 Å². The van der Waals surface area contributed by atoms with Gasteiger partial charge in [0.1, 0.15) is 5.75 Å². The van der Waals surface area contributed by atoms with Crippen molar-refractivity contribution in [2.75, 3.05) is 13.7 Å². The third kappa shape index (κ3) is 4.02. The van der Waals surface area contributed by atoms with Crippen LogP contribution in [0, 0.1) is 0 Å². The summed E-state index contributed by atoms with van der Waals surface area (Å²) in [6.07, 6.45) is 0.0999. The summed E-state index contributed by atoms with van der Waals surface area (Å²) in [5, 5.41) is 12.0. The SMILES string of the molecule is CCC(O)CNC(=O)c1cc(OC)ccc1Br. The predicted octanol–water partition coefficient (Wildman–Crippen LogP) is 1.96. The lowest BCUT2D eigenvalue weighted by atomic mass is 10.2. The first-order chi connectivity index (χ1) is 8.08. The van der Waals surface area contributed by atoms with Crippen LogP contribution in [0.4, 0.5) is 0 Å². The summed E-state index contributed by atoms with van der Waals surface area (Å²) >= 11 is 3.31. The lowest BCUT2D eigenvalue weighted by Crippen LogP contribution is -2.31. The van der Waals surface area contributed by atoms with Gasteiger partial charge in [-0.1, -0.05) is 6.92 Å². The Morgan fingerprint density at radius 1 is 1.59 bits per heavy atom. The van der Waals surface area contributed by atoms with Gasteiger partial charge in [0.15, 0.2) is 0 Å². The molecule has 0 heterocycles. The van der Waals surface area contributed by atoms with Crippen LogP contribution in [0.5, 0.6) is 5.75 Å². The Kier molecular flexibility index (Phi) is 5.44. The molecule has 0 aliphatic heterocycles. The number of methoxy groups -OCH3 is 1. The van der Waals surface area contributed by atoms with Gasteiger partial charge in [0, 0.05) is 11.0 Å². The first-order valence-electron chi connectivity index (χ1n) is 5.38. The van der Waals surface area contributed by atoms with Crippen molar-refractivity contribution in [1.29, 1.82) is 0 Å². The summed E-state index contributed by atoms with van der Waals surface area (Å²) in [5.41, 5.74) is 0.493. The van der Waals surface area contributed by atoms with Crippen LogP contribution in [-0.4, -0.2) is 30.8 Å². The lowest BCUT2D eigenvalue weighted by Gasteiger charge is -2.11. The zero-order valence-corrected chi connectivity index (χ0v) is 11.5. The van der Waals surface area contributed by atoms with E-state index in [1.54, 1.807) is 25.3 Å². The van der Waals surface area contributed by atoms with Crippen molar-refractivity contribution in [3.63, 3.8) is 0 Å². The van der Waals surface area contributed by atoms with Crippen molar-refractivity contribution < 1.29 is 14.6 Å². The Morgan fingerprint density at radius 2 is 2.29 bits per heavy atom. The van der Waals surface area contributed by atoms with Gasteiger partial charge in [0.25, 0.3) is 5.91 Å². The number of aliphatic hydroxyl groups excluding tert-OH is 1. The Labute approximate surface area is 109 Å². The summed E-state index contributed by atoms with van der Waals surface area (Å²) in [7, 11) is 1.55. The number of ether oxygens (including phenoxy) is 1. The molecule has 0 bridgehead atoms. The van der Waals surface area contributed by atoms with Gasteiger partial charge in [-0.25, -0.2) is 0 Å². The fraction of sp³-hybridized carbons (Fsp3) is 0.417. The number of benzene rings is 1. The van der Waals surface area contributed by atoms with Gasteiger partial charge in [0.05, 0.1) is 18.8 Å². The van der Waals surface area contributed by atoms with Gasteiger partial charge < -0.3 is 15.2 Å².